The quantitative estimate of drug-likeness (QED) is 0.850. The summed E-state index contributed by atoms with van der Waals surface area (Å²) in [6.45, 7) is 0. The summed E-state index contributed by atoms with van der Waals surface area (Å²) in [6.07, 6.45) is 0. The molecule has 5 heteroatoms. The largest absolute Gasteiger partial charge is 0.481 e. The third-order valence-electron chi connectivity index (χ3n) is 2.48. The first-order valence-electron chi connectivity index (χ1n) is 5.66. The lowest BCUT2D eigenvalue weighted by molar-refractivity contribution is 0.0693. The van der Waals surface area contributed by atoms with Crippen molar-refractivity contribution in [2.24, 2.45) is 0 Å². The number of pyridine rings is 1. The first kappa shape index (κ1) is 13.4. The molecule has 2 aromatic rings. The standard InChI is InChI=1S/C14H13NO3S/c1-18-13-8-4-5-10(15-13)9-19-12-7-3-2-6-11(12)14(16)17/h2-8H,9H2,1H3,(H,16,17). The van der Waals surface area contributed by atoms with Crippen LogP contribution < -0.4 is 4.74 Å². The maximum absolute atomic E-state index is 11.1. The maximum Gasteiger partial charge on any atom is 0.336 e. The number of hydrogen-bond acceptors (Lipinski definition) is 4. The van der Waals surface area contributed by atoms with E-state index in [1.165, 1.54) is 11.8 Å². The molecule has 0 saturated heterocycles. The third kappa shape index (κ3) is 3.48. The number of benzene rings is 1. The Balaban J connectivity index is 2.12. The number of hydrogen-bond donors (Lipinski definition) is 1. The van der Waals surface area contributed by atoms with Crippen LogP contribution in [0.3, 0.4) is 0 Å². The minimum Gasteiger partial charge on any atom is -0.481 e. The van der Waals surface area contributed by atoms with Gasteiger partial charge in [-0.2, -0.15) is 0 Å². The van der Waals surface area contributed by atoms with Gasteiger partial charge in [-0.3, -0.25) is 0 Å². The summed E-state index contributed by atoms with van der Waals surface area (Å²) < 4.78 is 5.05. The van der Waals surface area contributed by atoms with E-state index in [1.807, 2.05) is 18.2 Å². The Hall–Kier alpha value is -2.01. The van der Waals surface area contributed by atoms with E-state index in [4.69, 9.17) is 9.84 Å². The highest BCUT2D eigenvalue weighted by Crippen LogP contribution is 2.26. The fourth-order valence-electron chi connectivity index (χ4n) is 1.57. The Bertz CT molecular complexity index is 586. The molecule has 0 radical (unpaired) electrons. The van der Waals surface area contributed by atoms with Crippen LogP contribution in [0.5, 0.6) is 5.88 Å². The van der Waals surface area contributed by atoms with Crippen LogP contribution in [-0.2, 0) is 5.75 Å². The molecule has 0 amide bonds. The Labute approximate surface area is 115 Å². The predicted molar refractivity (Wildman–Crippen MR) is 73.8 cm³/mol. The first-order chi connectivity index (χ1) is 9.20. The molecule has 0 saturated carbocycles. The minimum absolute atomic E-state index is 0.315. The summed E-state index contributed by atoms with van der Waals surface area (Å²) in [6, 6.07) is 12.5. The molecule has 19 heavy (non-hydrogen) atoms. The van der Waals surface area contributed by atoms with E-state index in [0.29, 0.717) is 17.2 Å². The van der Waals surface area contributed by atoms with E-state index in [2.05, 4.69) is 4.98 Å². The van der Waals surface area contributed by atoms with Crippen LogP contribution in [0.1, 0.15) is 16.1 Å². The van der Waals surface area contributed by atoms with Gasteiger partial charge in [-0.15, -0.1) is 11.8 Å². The number of nitrogens with zero attached hydrogens (tertiary/aromatic N) is 1. The van der Waals surface area contributed by atoms with Gasteiger partial charge in [0.25, 0.3) is 0 Å². The van der Waals surface area contributed by atoms with Crippen LogP contribution in [0, 0.1) is 0 Å². The molecule has 4 nitrogen and oxygen atoms in total. The zero-order chi connectivity index (χ0) is 13.7. The molecule has 0 aliphatic carbocycles. The van der Waals surface area contributed by atoms with E-state index in [1.54, 1.807) is 31.4 Å². The van der Waals surface area contributed by atoms with Crippen LogP contribution in [0.25, 0.3) is 0 Å². The van der Waals surface area contributed by atoms with Gasteiger partial charge >= 0.3 is 5.97 Å². The molecule has 0 aliphatic rings. The van der Waals surface area contributed by atoms with E-state index >= 15 is 0 Å². The lowest BCUT2D eigenvalue weighted by Crippen LogP contribution is -1.98. The molecular weight excluding hydrogens is 262 g/mol. The van der Waals surface area contributed by atoms with Crippen molar-refractivity contribution in [2.45, 2.75) is 10.6 Å². The lowest BCUT2D eigenvalue weighted by atomic mass is 10.2. The van der Waals surface area contributed by atoms with E-state index in [9.17, 15) is 4.79 Å². The van der Waals surface area contributed by atoms with E-state index < -0.39 is 5.97 Å². The average molecular weight is 275 g/mol. The molecule has 1 N–H and O–H groups in total. The van der Waals surface area contributed by atoms with Gasteiger partial charge in [-0.25, -0.2) is 9.78 Å². The van der Waals surface area contributed by atoms with Crippen molar-refractivity contribution >= 4 is 17.7 Å². The summed E-state index contributed by atoms with van der Waals surface area (Å²) in [5, 5.41) is 9.10. The lowest BCUT2D eigenvalue weighted by Gasteiger charge is -2.06. The van der Waals surface area contributed by atoms with Gasteiger partial charge in [-0.1, -0.05) is 18.2 Å². The molecule has 0 spiro atoms. The first-order valence-corrected chi connectivity index (χ1v) is 6.64. The molecule has 0 fully saturated rings. The minimum atomic E-state index is -0.915. The van der Waals surface area contributed by atoms with Gasteiger partial charge in [0.05, 0.1) is 18.4 Å². The van der Waals surface area contributed by atoms with Crippen molar-refractivity contribution in [3.05, 3.63) is 53.7 Å². The number of ether oxygens (including phenoxy) is 1. The van der Waals surface area contributed by atoms with Crippen molar-refractivity contribution in [3.63, 3.8) is 0 Å². The number of carbonyl (C=O) groups is 1. The second kappa shape index (κ2) is 6.24. The van der Waals surface area contributed by atoms with E-state index in [-0.39, 0.29) is 0 Å². The zero-order valence-electron chi connectivity index (χ0n) is 10.4. The highest BCUT2D eigenvalue weighted by Gasteiger charge is 2.09. The van der Waals surface area contributed by atoms with Crippen molar-refractivity contribution in [1.82, 2.24) is 4.98 Å². The van der Waals surface area contributed by atoms with Gasteiger partial charge in [-0.05, 0) is 18.2 Å². The van der Waals surface area contributed by atoms with Crippen LogP contribution in [0.2, 0.25) is 0 Å². The van der Waals surface area contributed by atoms with Crippen LogP contribution in [0.4, 0.5) is 0 Å². The summed E-state index contributed by atoms with van der Waals surface area (Å²) in [7, 11) is 1.57. The molecular formula is C14H13NO3S. The predicted octanol–water partition coefficient (Wildman–Crippen LogP) is 3.08. The summed E-state index contributed by atoms with van der Waals surface area (Å²) in [4.78, 5) is 16.1. The Morgan fingerprint density at radius 1 is 1.26 bits per heavy atom. The van der Waals surface area contributed by atoms with Gasteiger partial charge < -0.3 is 9.84 Å². The number of aromatic carboxylic acids is 1. The number of aromatic nitrogens is 1. The SMILES string of the molecule is COc1cccc(CSc2ccccc2C(=O)O)n1. The fraction of sp³-hybridized carbons (Fsp3) is 0.143. The van der Waals surface area contributed by atoms with Crippen LogP contribution >= 0.6 is 11.8 Å². The summed E-state index contributed by atoms with van der Waals surface area (Å²) in [5.74, 6) is 0.243. The van der Waals surface area contributed by atoms with Crippen LogP contribution in [-0.4, -0.2) is 23.2 Å². The number of carboxylic acids is 1. The molecule has 0 bridgehead atoms. The highest BCUT2D eigenvalue weighted by atomic mass is 32.2. The van der Waals surface area contributed by atoms with Crippen molar-refractivity contribution in [3.8, 4) is 5.88 Å². The summed E-state index contributed by atoms with van der Waals surface area (Å²) >= 11 is 1.45. The van der Waals surface area contributed by atoms with Gasteiger partial charge in [0.1, 0.15) is 0 Å². The summed E-state index contributed by atoms with van der Waals surface area (Å²) in [5.41, 5.74) is 1.17. The number of thioether (sulfide) groups is 1. The van der Waals surface area contributed by atoms with Crippen molar-refractivity contribution in [2.75, 3.05) is 7.11 Å². The normalized spacial score (nSPS) is 10.2. The highest BCUT2D eigenvalue weighted by molar-refractivity contribution is 7.98. The van der Waals surface area contributed by atoms with Crippen molar-refractivity contribution in [1.29, 1.82) is 0 Å². The molecule has 0 unspecified atom stereocenters. The topological polar surface area (TPSA) is 59.4 Å². The van der Waals surface area contributed by atoms with E-state index in [0.717, 1.165) is 10.6 Å². The zero-order valence-corrected chi connectivity index (χ0v) is 11.2. The molecule has 0 aliphatic heterocycles. The molecule has 98 valence electrons. The monoisotopic (exact) mass is 275 g/mol. The maximum atomic E-state index is 11.1. The number of methoxy groups -OCH3 is 1. The molecule has 1 heterocycles. The number of rotatable bonds is 5. The smallest absolute Gasteiger partial charge is 0.336 e. The van der Waals surface area contributed by atoms with Gasteiger partial charge in [0.15, 0.2) is 0 Å². The molecule has 0 atom stereocenters. The van der Waals surface area contributed by atoms with Gasteiger partial charge in [0, 0.05) is 16.7 Å². The number of carboxylic acid groups (broad SMARTS) is 1. The second-order valence-corrected chi connectivity index (χ2v) is 4.78. The molecule has 2 rings (SSSR count). The van der Waals surface area contributed by atoms with Gasteiger partial charge in [0.2, 0.25) is 5.88 Å². The second-order valence-electron chi connectivity index (χ2n) is 3.76. The van der Waals surface area contributed by atoms with Crippen molar-refractivity contribution < 1.29 is 14.6 Å². The Morgan fingerprint density at radius 3 is 2.79 bits per heavy atom. The Kier molecular flexibility index (Phi) is 4.41. The third-order valence-corrected chi connectivity index (χ3v) is 3.59. The van der Waals surface area contributed by atoms with Crippen LogP contribution in [0.15, 0.2) is 47.4 Å². The Morgan fingerprint density at radius 2 is 2.05 bits per heavy atom. The molecule has 1 aromatic carbocycles. The fourth-order valence-corrected chi connectivity index (χ4v) is 2.52. The molecule has 1 aromatic heterocycles. The average Bonchev–Trinajstić information content (AvgIpc) is 2.45.